The number of rotatable bonds is 0. The molecule has 0 radical (unpaired) electrons. The molecule has 0 saturated heterocycles. The fourth-order valence-electron chi connectivity index (χ4n) is 0.415. The number of alkyl halides is 4. The molecule has 0 aliphatic heterocycles. The van der Waals surface area contributed by atoms with Crippen LogP contribution in [0.2, 0.25) is 5.02 Å². The van der Waals surface area contributed by atoms with Crippen molar-refractivity contribution in [2.45, 2.75) is 3.25 Å². The number of benzene rings is 1. The van der Waals surface area contributed by atoms with Gasteiger partial charge < -0.3 is 0 Å². The summed E-state index contributed by atoms with van der Waals surface area (Å²) < 4.78 is -1.81. The molecule has 0 aliphatic rings. The van der Waals surface area contributed by atoms with Crippen molar-refractivity contribution in [3.63, 3.8) is 0 Å². The molecule has 1 aromatic carbocycles. The third kappa shape index (κ3) is 26.2. The normalized spacial score (nSPS) is 9.39. The molecular formula is C9H5Cl9. The van der Waals surface area contributed by atoms with Gasteiger partial charge in [0.15, 0.2) is 0 Å². The minimum absolute atomic E-state index is 0.0988. The van der Waals surface area contributed by atoms with E-state index in [9.17, 15) is 0 Å². The molecule has 0 heterocycles. The number of hydrogen-bond donors (Lipinski definition) is 0. The van der Waals surface area contributed by atoms with Gasteiger partial charge >= 0.3 is 0 Å². The zero-order chi connectivity index (χ0) is 14.8. The van der Waals surface area contributed by atoms with Gasteiger partial charge in [0.1, 0.15) is 8.98 Å². The third-order valence-corrected chi connectivity index (χ3v) is 2.27. The summed E-state index contributed by atoms with van der Waals surface area (Å²) in [6.07, 6.45) is 0. The van der Waals surface area contributed by atoms with Crippen LogP contribution in [0.3, 0.4) is 0 Å². The zero-order valence-corrected chi connectivity index (χ0v) is 15.1. The summed E-state index contributed by atoms with van der Waals surface area (Å²) in [5.41, 5.74) is 0. The van der Waals surface area contributed by atoms with Crippen LogP contribution in [0.15, 0.2) is 39.3 Å². The first-order valence-electron chi connectivity index (χ1n) is 3.86. The van der Waals surface area contributed by atoms with Crippen LogP contribution < -0.4 is 0 Å². The summed E-state index contributed by atoms with van der Waals surface area (Å²) >= 11 is 44.8. The predicted octanol–water partition coefficient (Wildman–Crippen LogP) is 7.96. The summed E-state index contributed by atoms with van der Waals surface area (Å²) in [5, 5.41) is 0.794. The van der Waals surface area contributed by atoms with Crippen LogP contribution in [-0.2, 0) is 0 Å². The maximum absolute atomic E-state index is 5.54. The summed E-state index contributed by atoms with van der Waals surface area (Å²) in [7, 11) is 0. The molecule has 1 rings (SSSR count). The van der Waals surface area contributed by atoms with Gasteiger partial charge in [-0.2, -0.15) is 0 Å². The van der Waals surface area contributed by atoms with Crippen LogP contribution in [-0.4, -0.2) is 3.25 Å². The molecule has 0 N–H and O–H groups in total. The van der Waals surface area contributed by atoms with Crippen LogP contribution >= 0.6 is 104 Å². The van der Waals surface area contributed by atoms with Gasteiger partial charge in [0.05, 0.1) is 0 Å². The Morgan fingerprint density at radius 2 is 1.00 bits per heavy atom. The first-order chi connectivity index (χ1) is 8.04. The molecule has 0 nitrogen and oxygen atoms in total. The van der Waals surface area contributed by atoms with Gasteiger partial charge in [0.2, 0.25) is 0 Å². The lowest BCUT2D eigenvalue weighted by molar-refractivity contribution is 1.71. The molecule has 0 saturated carbocycles. The number of hydrogen-bond acceptors (Lipinski definition) is 0. The van der Waals surface area contributed by atoms with E-state index in [2.05, 4.69) is 0 Å². The van der Waals surface area contributed by atoms with Crippen molar-refractivity contribution in [2.75, 3.05) is 0 Å². The average Bonchev–Trinajstić information content (AvgIpc) is 2.16. The maximum Gasteiger partial charge on any atom is 0.266 e. The summed E-state index contributed by atoms with van der Waals surface area (Å²) in [4.78, 5) is 0. The van der Waals surface area contributed by atoms with E-state index in [-0.39, 0.29) is 8.98 Å². The molecule has 0 aromatic heterocycles. The Kier molecular flexibility index (Phi) is 15.0. The van der Waals surface area contributed by atoms with Gasteiger partial charge in [0, 0.05) is 5.02 Å². The first-order valence-corrected chi connectivity index (χ1v) is 7.26. The molecule has 0 spiro atoms. The Labute approximate surface area is 151 Å². The molecule has 0 bridgehead atoms. The fraction of sp³-hybridized carbons (Fsp3) is 0.111. The average molecular weight is 432 g/mol. The second kappa shape index (κ2) is 12.3. The Morgan fingerprint density at radius 1 is 0.722 bits per heavy atom. The van der Waals surface area contributed by atoms with Gasteiger partial charge in [-0.15, -0.1) is 0 Å². The highest BCUT2D eigenvalue weighted by molar-refractivity contribution is 6.83. The quantitative estimate of drug-likeness (QED) is 0.365. The Hall–Kier alpha value is 1.57. The van der Waals surface area contributed by atoms with E-state index in [1.165, 1.54) is 0 Å². The molecule has 0 amide bonds. The van der Waals surface area contributed by atoms with Gasteiger partial charge in [0.25, 0.3) is 3.25 Å². The van der Waals surface area contributed by atoms with E-state index < -0.39 is 3.25 Å². The lowest BCUT2D eigenvalue weighted by Crippen LogP contribution is -1.81. The standard InChI is InChI=1S/C6H5Cl.C2Cl4.CCl4/c7-6-4-2-1-3-5-6;3-1(4)2(5)6;2-1(3,4)5/h1-5H;;. The Bertz CT molecular complexity index is 317. The van der Waals surface area contributed by atoms with Gasteiger partial charge in [-0.3, -0.25) is 0 Å². The highest BCUT2D eigenvalue weighted by Gasteiger charge is 2.11. The topological polar surface area (TPSA) is 0 Å². The van der Waals surface area contributed by atoms with E-state index in [0.29, 0.717) is 0 Å². The first kappa shape index (κ1) is 21.9. The van der Waals surface area contributed by atoms with Crippen molar-refractivity contribution in [3.05, 3.63) is 44.3 Å². The van der Waals surface area contributed by atoms with Crippen molar-refractivity contribution < 1.29 is 0 Å². The van der Waals surface area contributed by atoms with E-state index in [1.807, 2.05) is 30.3 Å². The molecule has 0 fully saturated rings. The van der Waals surface area contributed by atoms with Crippen molar-refractivity contribution in [1.82, 2.24) is 0 Å². The summed E-state index contributed by atoms with van der Waals surface area (Å²) in [5.74, 6) is 0. The van der Waals surface area contributed by atoms with Crippen LogP contribution in [0.5, 0.6) is 0 Å². The lowest BCUT2D eigenvalue weighted by atomic mass is 10.4. The lowest BCUT2D eigenvalue weighted by Gasteiger charge is -1.91. The second-order valence-electron chi connectivity index (χ2n) is 2.24. The largest absolute Gasteiger partial charge is 0.266 e. The molecule has 9 heteroatoms. The number of halogens is 9. The smallest absolute Gasteiger partial charge is 0.0843 e. The van der Waals surface area contributed by atoms with Crippen molar-refractivity contribution in [1.29, 1.82) is 0 Å². The maximum atomic E-state index is 5.54. The minimum atomic E-state index is -1.61. The molecule has 0 unspecified atom stereocenters. The molecule has 1 aromatic rings. The van der Waals surface area contributed by atoms with E-state index >= 15 is 0 Å². The molecular weight excluding hydrogens is 427 g/mol. The van der Waals surface area contributed by atoms with E-state index in [1.54, 1.807) is 0 Å². The van der Waals surface area contributed by atoms with Gasteiger partial charge in [-0.05, 0) is 12.1 Å². The predicted molar refractivity (Wildman–Crippen MR) is 88.0 cm³/mol. The summed E-state index contributed by atoms with van der Waals surface area (Å²) in [6, 6.07) is 9.44. The van der Waals surface area contributed by atoms with Gasteiger partial charge in [-0.25, -0.2) is 0 Å². The van der Waals surface area contributed by atoms with Crippen LogP contribution in [0.1, 0.15) is 0 Å². The monoisotopic (exact) mass is 428 g/mol. The minimum Gasteiger partial charge on any atom is -0.0843 e. The van der Waals surface area contributed by atoms with Crippen molar-refractivity contribution in [3.8, 4) is 0 Å². The molecule has 0 atom stereocenters. The zero-order valence-electron chi connectivity index (χ0n) is 8.29. The van der Waals surface area contributed by atoms with Crippen LogP contribution in [0.4, 0.5) is 0 Å². The van der Waals surface area contributed by atoms with Gasteiger partial charge in [-0.1, -0.05) is 123 Å². The highest BCUT2D eigenvalue weighted by Crippen LogP contribution is 2.29. The van der Waals surface area contributed by atoms with E-state index in [0.717, 1.165) is 5.02 Å². The molecule has 18 heavy (non-hydrogen) atoms. The summed E-state index contributed by atoms with van der Waals surface area (Å²) in [6.45, 7) is 0. The SMILES string of the molecule is ClC(Cl)(Cl)Cl.ClC(Cl)=C(Cl)Cl.Clc1ccccc1. The van der Waals surface area contributed by atoms with Crippen LogP contribution in [0, 0.1) is 0 Å². The fourth-order valence-corrected chi connectivity index (χ4v) is 0.560. The third-order valence-electron chi connectivity index (χ3n) is 0.876. The van der Waals surface area contributed by atoms with Crippen LogP contribution in [0.25, 0.3) is 0 Å². The highest BCUT2D eigenvalue weighted by atomic mass is 35.6. The van der Waals surface area contributed by atoms with Crippen molar-refractivity contribution >= 4 is 104 Å². The second-order valence-corrected chi connectivity index (χ2v) is 8.01. The molecule has 0 aliphatic carbocycles. The Balaban J connectivity index is 0. The van der Waals surface area contributed by atoms with Crippen molar-refractivity contribution in [2.24, 2.45) is 0 Å². The molecule has 104 valence electrons. The van der Waals surface area contributed by atoms with E-state index in [4.69, 9.17) is 104 Å². The Morgan fingerprint density at radius 3 is 1.11 bits per heavy atom.